The SMILES string of the molecule is CC(C)CNC(=O)N1CCC(Cc2nc(-c3ccncc3)n[nH]2)CC1. The van der Waals surface area contributed by atoms with Crippen molar-refractivity contribution in [1.82, 2.24) is 30.4 Å². The van der Waals surface area contributed by atoms with Crippen LogP contribution in [0.1, 0.15) is 32.5 Å². The van der Waals surface area contributed by atoms with Gasteiger partial charge in [0.25, 0.3) is 0 Å². The van der Waals surface area contributed by atoms with Crippen LogP contribution in [-0.2, 0) is 6.42 Å². The van der Waals surface area contributed by atoms with Crippen molar-refractivity contribution in [3.05, 3.63) is 30.4 Å². The van der Waals surface area contributed by atoms with Crippen LogP contribution in [0.25, 0.3) is 11.4 Å². The number of nitrogens with zero attached hydrogens (tertiary/aromatic N) is 4. The van der Waals surface area contributed by atoms with Crippen LogP contribution in [0.5, 0.6) is 0 Å². The molecule has 2 aromatic heterocycles. The fraction of sp³-hybridized carbons (Fsp3) is 0.556. The van der Waals surface area contributed by atoms with Crippen LogP contribution in [0, 0.1) is 11.8 Å². The lowest BCUT2D eigenvalue weighted by atomic mass is 9.93. The largest absolute Gasteiger partial charge is 0.338 e. The topological polar surface area (TPSA) is 86.8 Å². The van der Waals surface area contributed by atoms with Crippen molar-refractivity contribution in [3.63, 3.8) is 0 Å². The number of urea groups is 1. The lowest BCUT2D eigenvalue weighted by molar-refractivity contribution is 0.169. The van der Waals surface area contributed by atoms with Gasteiger partial charge in [0.15, 0.2) is 5.82 Å². The van der Waals surface area contributed by atoms with Gasteiger partial charge in [-0.25, -0.2) is 9.78 Å². The standard InChI is InChI=1S/C18H26N6O/c1-13(2)12-20-18(25)24-9-5-14(6-10-24)11-16-21-17(23-22-16)15-3-7-19-8-4-15/h3-4,7-8,13-14H,5-6,9-12H2,1-2H3,(H,20,25)(H,21,22,23). The minimum atomic E-state index is 0.0618. The molecule has 2 aromatic rings. The van der Waals surface area contributed by atoms with Crippen LogP contribution >= 0.6 is 0 Å². The molecule has 0 aliphatic carbocycles. The summed E-state index contributed by atoms with van der Waals surface area (Å²) < 4.78 is 0. The molecule has 2 N–H and O–H groups in total. The normalized spacial score (nSPS) is 15.6. The average molecular weight is 342 g/mol. The zero-order chi connectivity index (χ0) is 17.6. The minimum absolute atomic E-state index is 0.0618. The van der Waals surface area contributed by atoms with Gasteiger partial charge in [0.05, 0.1) is 0 Å². The number of carbonyl (C=O) groups is 1. The van der Waals surface area contributed by atoms with Gasteiger partial charge < -0.3 is 10.2 Å². The predicted molar refractivity (Wildman–Crippen MR) is 95.9 cm³/mol. The van der Waals surface area contributed by atoms with Crippen LogP contribution in [-0.4, -0.2) is 50.7 Å². The maximum Gasteiger partial charge on any atom is 0.317 e. The maximum atomic E-state index is 12.1. The zero-order valence-corrected chi connectivity index (χ0v) is 14.9. The number of nitrogens with one attached hydrogen (secondary N) is 2. The van der Waals surface area contributed by atoms with Crippen molar-refractivity contribution in [3.8, 4) is 11.4 Å². The third-order valence-corrected chi connectivity index (χ3v) is 4.52. The molecular formula is C18H26N6O. The first-order chi connectivity index (χ1) is 12.1. The van der Waals surface area contributed by atoms with Gasteiger partial charge in [-0.2, -0.15) is 5.10 Å². The van der Waals surface area contributed by atoms with E-state index in [2.05, 4.69) is 39.3 Å². The summed E-state index contributed by atoms with van der Waals surface area (Å²) in [6, 6.07) is 3.87. The Hall–Kier alpha value is -2.44. The van der Waals surface area contributed by atoms with Gasteiger partial charge in [0.2, 0.25) is 0 Å². The van der Waals surface area contributed by atoms with Crippen molar-refractivity contribution >= 4 is 6.03 Å². The van der Waals surface area contributed by atoms with E-state index in [4.69, 9.17) is 0 Å². The van der Waals surface area contributed by atoms with Crippen molar-refractivity contribution in [2.75, 3.05) is 19.6 Å². The van der Waals surface area contributed by atoms with Crippen LogP contribution in [0.2, 0.25) is 0 Å². The van der Waals surface area contributed by atoms with Crippen molar-refractivity contribution < 1.29 is 4.79 Å². The Morgan fingerprint density at radius 2 is 2.04 bits per heavy atom. The van der Waals surface area contributed by atoms with E-state index in [-0.39, 0.29) is 6.03 Å². The van der Waals surface area contributed by atoms with E-state index < -0.39 is 0 Å². The Bertz CT molecular complexity index is 676. The number of rotatable bonds is 5. The smallest absolute Gasteiger partial charge is 0.317 e. The first-order valence-electron chi connectivity index (χ1n) is 8.96. The van der Waals surface area contributed by atoms with E-state index in [1.54, 1.807) is 12.4 Å². The molecule has 134 valence electrons. The molecule has 0 atom stereocenters. The third kappa shape index (κ3) is 4.78. The van der Waals surface area contributed by atoms with Gasteiger partial charge in [-0.15, -0.1) is 0 Å². The molecule has 1 aliphatic rings. The second-order valence-corrected chi connectivity index (χ2v) is 7.06. The highest BCUT2D eigenvalue weighted by atomic mass is 16.2. The number of pyridine rings is 1. The molecule has 0 spiro atoms. The summed E-state index contributed by atoms with van der Waals surface area (Å²) in [6.45, 7) is 6.54. The molecule has 7 heteroatoms. The highest BCUT2D eigenvalue weighted by Gasteiger charge is 2.23. The summed E-state index contributed by atoms with van der Waals surface area (Å²) in [4.78, 5) is 22.6. The molecule has 7 nitrogen and oxygen atoms in total. The number of aromatic nitrogens is 4. The van der Waals surface area contributed by atoms with Gasteiger partial charge in [-0.3, -0.25) is 10.1 Å². The Morgan fingerprint density at radius 1 is 1.32 bits per heavy atom. The Balaban J connectivity index is 1.48. The monoisotopic (exact) mass is 342 g/mol. The first kappa shape index (κ1) is 17.4. The molecule has 3 rings (SSSR count). The van der Waals surface area contributed by atoms with Gasteiger partial charge >= 0.3 is 6.03 Å². The fourth-order valence-corrected chi connectivity index (χ4v) is 3.03. The summed E-state index contributed by atoms with van der Waals surface area (Å²) in [6.07, 6.45) is 6.36. The fourth-order valence-electron chi connectivity index (χ4n) is 3.03. The van der Waals surface area contributed by atoms with Crippen LogP contribution in [0.15, 0.2) is 24.5 Å². The molecule has 2 amide bonds. The summed E-state index contributed by atoms with van der Waals surface area (Å²) in [5, 5.41) is 10.3. The molecule has 0 unspecified atom stereocenters. The molecular weight excluding hydrogens is 316 g/mol. The molecule has 0 saturated carbocycles. The van der Waals surface area contributed by atoms with E-state index in [0.29, 0.717) is 17.7 Å². The molecule has 0 bridgehead atoms. The van der Waals surface area contributed by atoms with E-state index in [1.165, 1.54) is 0 Å². The van der Waals surface area contributed by atoms with Gasteiger partial charge in [0.1, 0.15) is 5.82 Å². The summed E-state index contributed by atoms with van der Waals surface area (Å²) in [7, 11) is 0. The van der Waals surface area contributed by atoms with Crippen LogP contribution in [0.4, 0.5) is 4.79 Å². The second-order valence-electron chi connectivity index (χ2n) is 7.06. The molecule has 1 saturated heterocycles. The highest BCUT2D eigenvalue weighted by Crippen LogP contribution is 2.21. The molecule has 25 heavy (non-hydrogen) atoms. The summed E-state index contributed by atoms with van der Waals surface area (Å²) in [5.74, 6) is 2.63. The Labute approximate surface area is 148 Å². The second kappa shape index (κ2) is 8.09. The number of amides is 2. The molecule has 1 fully saturated rings. The number of hydrogen-bond donors (Lipinski definition) is 2. The number of piperidine rings is 1. The Morgan fingerprint density at radius 3 is 2.72 bits per heavy atom. The number of hydrogen-bond acceptors (Lipinski definition) is 4. The minimum Gasteiger partial charge on any atom is -0.338 e. The number of carbonyl (C=O) groups excluding carboxylic acids is 1. The number of H-pyrrole nitrogens is 1. The van der Waals surface area contributed by atoms with Gasteiger partial charge in [-0.1, -0.05) is 13.8 Å². The lowest BCUT2D eigenvalue weighted by Crippen LogP contribution is -2.45. The number of aromatic amines is 1. The van der Waals surface area contributed by atoms with E-state index in [0.717, 1.165) is 50.3 Å². The third-order valence-electron chi connectivity index (χ3n) is 4.52. The van der Waals surface area contributed by atoms with Crippen molar-refractivity contribution in [2.24, 2.45) is 11.8 Å². The van der Waals surface area contributed by atoms with E-state index in [1.807, 2.05) is 17.0 Å². The lowest BCUT2D eigenvalue weighted by Gasteiger charge is -2.31. The van der Waals surface area contributed by atoms with Crippen molar-refractivity contribution in [1.29, 1.82) is 0 Å². The molecule has 0 radical (unpaired) electrons. The predicted octanol–water partition coefficient (Wildman–Crippen LogP) is 2.49. The quantitative estimate of drug-likeness (QED) is 0.874. The van der Waals surface area contributed by atoms with E-state index in [9.17, 15) is 4.79 Å². The zero-order valence-electron chi connectivity index (χ0n) is 14.9. The first-order valence-corrected chi connectivity index (χ1v) is 8.96. The molecule has 0 aromatic carbocycles. The van der Waals surface area contributed by atoms with E-state index >= 15 is 0 Å². The number of likely N-dealkylation sites (tertiary alicyclic amines) is 1. The average Bonchev–Trinajstić information content (AvgIpc) is 3.09. The molecule has 3 heterocycles. The summed E-state index contributed by atoms with van der Waals surface area (Å²) in [5.41, 5.74) is 0.967. The summed E-state index contributed by atoms with van der Waals surface area (Å²) >= 11 is 0. The van der Waals surface area contributed by atoms with Crippen molar-refractivity contribution in [2.45, 2.75) is 33.1 Å². The van der Waals surface area contributed by atoms with Gasteiger partial charge in [-0.05, 0) is 36.8 Å². The molecule has 1 aliphatic heterocycles. The van der Waals surface area contributed by atoms with Crippen LogP contribution < -0.4 is 5.32 Å². The Kier molecular flexibility index (Phi) is 5.63. The van der Waals surface area contributed by atoms with Gasteiger partial charge in [0, 0.05) is 44.0 Å². The highest BCUT2D eigenvalue weighted by molar-refractivity contribution is 5.74. The maximum absolute atomic E-state index is 12.1. The van der Waals surface area contributed by atoms with Crippen LogP contribution in [0.3, 0.4) is 0 Å².